The number of carbonyl (C=O) groups is 2. The van der Waals surface area contributed by atoms with E-state index in [-0.39, 0.29) is 11.7 Å². The Kier molecular flexibility index (Phi) is 3.46. The number of carbonyl (C=O) groups excluding carboxylic acids is 1. The second kappa shape index (κ2) is 4.40. The van der Waals surface area contributed by atoms with Crippen molar-refractivity contribution in [1.82, 2.24) is 0 Å². The molecule has 1 rings (SSSR count). The lowest BCUT2D eigenvalue weighted by Crippen LogP contribution is -2.31. The fourth-order valence-electron chi connectivity index (χ4n) is 2.07. The number of hydrogen-bond acceptors (Lipinski definition) is 2. The van der Waals surface area contributed by atoms with Crippen molar-refractivity contribution in [2.45, 2.75) is 39.0 Å². The molecule has 1 aliphatic rings. The van der Waals surface area contributed by atoms with Gasteiger partial charge in [0.15, 0.2) is 0 Å². The number of Topliss-reactive ketones (excluding diaryl/α,β-unsaturated/α-hetero) is 1. The summed E-state index contributed by atoms with van der Waals surface area (Å²) in [6.45, 7) is 1.83. The molecular weight excluding hydrogens is 168 g/mol. The van der Waals surface area contributed by atoms with Gasteiger partial charge >= 0.3 is 5.97 Å². The van der Waals surface area contributed by atoms with E-state index in [1.54, 1.807) is 0 Å². The molecule has 0 aliphatic heterocycles. The van der Waals surface area contributed by atoms with E-state index in [2.05, 4.69) is 0 Å². The Morgan fingerprint density at radius 3 is 2.77 bits per heavy atom. The first kappa shape index (κ1) is 10.2. The number of aliphatic carboxylic acids is 1. The lowest BCUT2D eigenvalue weighted by molar-refractivity contribution is -0.147. The third-order valence-electron chi connectivity index (χ3n) is 2.84. The molecule has 0 aromatic carbocycles. The van der Waals surface area contributed by atoms with Crippen LogP contribution >= 0.6 is 0 Å². The molecule has 74 valence electrons. The van der Waals surface area contributed by atoms with Gasteiger partial charge in [-0.25, -0.2) is 0 Å². The highest BCUT2D eigenvalue weighted by Crippen LogP contribution is 2.29. The highest BCUT2D eigenvalue weighted by atomic mass is 16.4. The van der Waals surface area contributed by atoms with E-state index >= 15 is 0 Å². The van der Waals surface area contributed by atoms with Crippen molar-refractivity contribution in [2.24, 2.45) is 11.8 Å². The van der Waals surface area contributed by atoms with Gasteiger partial charge in [0.25, 0.3) is 0 Å². The third kappa shape index (κ3) is 2.29. The van der Waals surface area contributed by atoms with Gasteiger partial charge < -0.3 is 5.11 Å². The molecule has 3 nitrogen and oxygen atoms in total. The van der Waals surface area contributed by atoms with Crippen LogP contribution in [0.25, 0.3) is 0 Å². The monoisotopic (exact) mass is 184 g/mol. The second-order valence-corrected chi connectivity index (χ2v) is 3.67. The third-order valence-corrected chi connectivity index (χ3v) is 2.84. The Bertz CT molecular complexity index is 210. The van der Waals surface area contributed by atoms with Crippen LogP contribution in [0.1, 0.15) is 39.0 Å². The normalized spacial score (nSPS) is 25.6. The zero-order valence-electron chi connectivity index (χ0n) is 7.95. The first-order valence-corrected chi connectivity index (χ1v) is 4.92. The molecule has 0 spiro atoms. The van der Waals surface area contributed by atoms with E-state index < -0.39 is 11.9 Å². The highest BCUT2D eigenvalue weighted by molar-refractivity contribution is 5.86. The van der Waals surface area contributed by atoms with Crippen molar-refractivity contribution in [1.29, 1.82) is 0 Å². The molecule has 2 unspecified atom stereocenters. The molecule has 0 radical (unpaired) electrons. The summed E-state index contributed by atoms with van der Waals surface area (Å²) >= 11 is 0. The van der Waals surface area contributed by atoms with Gasteiger partial charge in [0.2, 0.25) is 0 Å². The highest BCUT2D eigenvalue weighted by Gasteiger charge is 2.33. The lowest BCUT2D eigenvalue weighted by atomic mass is 9.78. The van der Waals surface area contributed by atoms with Gasteiger partial charge in [-0.05, 0) is 19.3 Å². The van der Waals surface area contributed by atoms with Crippen LogP contribution in [-0.4, -0.2) is 16.9 Å². The lowest BCUT2D eigenvalue weighted by Gasteiger charge is -2.25. The van der Waals surface area contributed by atoms with E-state index in [0.717, 1.165) is 19.3 Å². The topological polar surface area (TPSA) is 54.4 Å². The first-order valence-electron chi connectivity index (χ1n) is 4.92. The predicted molar refractivity (Wildman–Crippen MR) is 48.4 cm³/mol. The molecule has 0 aromatic rings. The molecule has 1 fully saturated rings. The fraction of sp³-hybridized carbons (Fsp3) is 0.800. The minimum absolute atomic E-state index is 0.153. The largest absolute Gasteiger partial charge is 0.481 e. The molecule has 1 aliphatic carbocycles. The zero-order valence-corrected chi connectivity index (χ0v) is 7.95. The minimum atomic E-state index is -0.817. The van der Waals surface area contributed by atoms with E-state index in [9.17, 15) is 9.59 Å². The summed E-state index contributed by atoms with van der Waals surface area (Å²) in [7, 11) is 0. The van der Waals surface area contributed by atoms with Gasteiger partial charge in [0.1, 0.15) is 5.78 Å². The maximum Gasteiger partial charge on any atom is 0.307 e. The maximum absolute atomic E-state index is 11.4. The standard InChI is InChI=1S/C10H16O3/c1-2-7(10(12)13)8-5-3-4-6-9(8)11/h7-8H,2-6H2,1H3,(H,12,13). The van der Waals surface area contributed by atoms with Crippen molar-refractivity contribution in [3.63, 3.8) is 0 Å². The Balaban J connectivity index is 2.65. The molecule has 0 bridgehead atoms. The van der Waals surface area contributed by atoms with E-state index in [0.29, 0.717) is 12.8 Å². The minimum Gasteiger partial charge on any atom is -0.481 e. The van der Waals surface area contributed by atoms with Crippen molar-refractivity contribution in [2.75, 3.05) is 0 Å². The van der Waals surface area contributed by atoms with Crippen LogP contribution in [0.15, 0.2) is 0 Å². The van der Waals surface area contributed by atoms with Gasteiger partial charge in [-0.15, -0.1) is 0 Å². The molecule has 1 N–H and O–H groups in total. The van der Waals surface area contributed by atoms with Crippen LogP contribution in [0.4, 0.5) is 0 Å². The zero-order chi connectivity index (χ0) is 9.84. The second-order valence-electron chi connectivity index (χ2n) is 3.67. The number of rotatable bonds is 3. The quantitative estimate of drug-likeness (QED) is 0.728. The van der Waals surface area contributed by atoms with Crippen molar-refractivity contribution in [3.8, 4) is 0 Å². The van der Waals surface area contributed by atoms with Gasteiger partial charge in [0.05, 0.1) is 5.92 Å². The molecule has 2 atom stereocenters. The Morgan fingerprint density at radius 2 is 2.31 bits per heavy atom. The number of hydrogen-bond donors (Lipinski definition) is 1. The smallest absolute Gasteiger partial charge is 0.307 e. The van der Waals surface area contributed by atoms with E-state index in [4.69, 9.17) is 5.11 Å². The summed E-state index contributed by atoms with van der Waals surface area (Å²) in [5.41, 5.74) is 0. The summed E-state index contributed by atoms with van der Waals surface area (Å²) in [5, 5.41) is 8.89. The van der Waals surface area contributed by atoms with Crippen molar-refractivity contribution >= 4 is 11.8 Å². The number of ketones is 1. The first-order chi connectivity index (χ1) is 6.16. The summed E-state index contributed by atoms with van der Waals surface area (Å²) < 4.78 is 0. The average Bonchev–Trinajstić information content (AvgIpc) is 2.09. The average molecular weight is 184 g/mol. The van der Waals surface area contributed by atoms with Gasteiger partial charge in [-0.3, -0.25) is 9.59 Å². The molecule has 13 heavy (non-hydrogen) atoms. The molecule has 3 heteroatoms. The van der Waals surface area contributed by atoms with Gasteiger partial charge in [0, 0.05) is 12.3 Å². The van der Waals surface area contributed by atoms with E-state index in [1.165, 1.54) is 0 Å². The van der Waals surface area contributed by atoms with Crippen LogP contribution in [0.5, 0.6) is 0 Å². The van der Waals surface area contributed by atoms with Crippen molar-refractivity contribution < 1.29 is 14.7 Å². The molecule has 0 saturated heterocycles. The van der Waals surface area contributed by atoms with Crippen LogP contribution in [0, 0.1) is 11.8 Å². The van der Waals surface area contributed by atoms with E-state index in [1.807, 2.05) is 6.92 Å². The van der Waals surface area contributed by atoms with Crippen LogP contribution < -0.4 is 0 Å². The summed E-state index contributed by atoms with van der Waals surface area (Å²) in [6.07, 6.45) is 3.84. The predicted octanol–water partition coefficient (Wildman–Crippen LogP) is 1.86. The maximum atomic E-state index is 11.4. The number of carboxylic acid groups (broad SMARTS) is 1. The fourth-order valence-corrected chi connectivity index (χ4v) is 2.07. The summed E-state index contributed by atoms with van der Waals surface area (Å²) in [5.74, 6) is -1.33. The Morgan fingerprint density at radius 1 is 1.62 bits per heavy atom. The molecule has 0 aromatic heterocycles. The SMILES string of the molecule is CCC(C(=O)O)C1CCCCC1=O. The summed E-state index contributed by atoms with van der Waals surface area (Å²) in [6, 6.07) is 0. The molecule has 1 saturated carbocycles. The van der Waals surface area contributed by atoms with Crippen molar-refractivity contribution in [3.05, 3.63) is 0 Å². The Hall–Kier alpha value is -0.860. The Labute approximate surface area is 78.1 Å². The summed E-state index contributed by atoms with van der Waals surface area (Å²) in [4.78, 5) is 22.3. The van der Waals surface area contributed by atoms with Crippen LogP contribution in [-0.2, 0) is 9.59 Å². The van der Waals surface area contributed by atoms with Crippen LogP contribution in [0.3, 0.4) is 0 Å². The van der Waals surface area contributed by atoms with Crippen LogP contribution in [0.2, 0.25) is 0 Å². The van der Waals surface area contributed by atoms with Gasteiger partial charge in [-0.2, -0.15) is 0 Å². The number of carboxylic acids is 1. The van der Waals surface area contributed by atoms with Gasteiger partial charge in [-0.1, -0.05) is 13.3 Å². The molecular formula is C10H16O3. The molecule has 0 amide bonds. The molecule has 0 heterocycles.